The molecule has 1 heterocycles. The fourth-order valence-electron chi connectivity index (χ4n) is 3.13. The van der Waals surface area contributed by atoms with Crippen LogP contribution in [0.2, 0.25) is 0 Å². The quantitative estimate of drug-likeness (QED) is 0.753. The molecule has 1 aliphatic carbocycles. The van der Waals surface area contributed by atoms with E-state index in [9.17, 15) is 9.59 Å². The zero-order valence-corrected chi connectivity index (χ0v) is 15.5. The van der Waals surface area contributed by atoms with Crippen LogP contribution in [0.3, 0.4) is 0 Å². The Balaban J connectivity index is 2.13. The maximum atomic E-state index is 12.6. The molecule has 1 saturated heterocycles. The second-order valence-corrected chi connectivity index (χ2v) is 6.67. The van der Waals surface area contributed by atoms with Crippen molar-refractivity contribution in [2.45, 2.75) is 31.7 Å². The first-order chi connectivity index (χ1) is 11.9. The number of amides is 1. The van der Waals surface area contributed by atoms with Crippen LogP contribution in [0.25, 0.3) is 0 Å². The van der Waals surface area contributed by atoms with Gasteiger partial charge in [-0.1, -0.05) is 23.3 Å². The highest BCUT2D eigenvalue weighted by Crippen LogP contribution is 2.28. The largest absolute Gasteiger partial charge is 0.500 e. The summed E-state index contributed by atoms with van der Waals surface area (Å²) in [5.41, 5.74) is -0.0831. The van der Waals surface area contributed by atoms with Crippen LogP contribution in [-0.2, 0) is 23.8 Å². The van der Waals surface area contributed by atoms with E-state index < -0.39 is 11.5 Å². The molecule has 1 fully saturated rings. The molecule has 0 saturated carbocycles. The number of hydrogen-bond donors (Lipinski definition) is 1. The summed E-state index contributed by atoms with van der Waals surface area (Å²) in [5, 5.41) is 3.41. The molecule has 1 aliphatic heterocycles. The summed E-state index contributed by atoms with van der Waals surface area (Å²) in [6, 6.07) is 0. The van der Waals surface area contributed by atoms with Crippen LogP contribution in [0.1, 0.15) is 26.2 Å². The topological polar surface area (TPSA) is 73.9 Å². The van der Waals surface area contributed by atoms with Crippen LogP contribution < -0.4 is 5.32 Å². The van der Waals surface area contributed by atoms with Crippen molar-refractivity contribution in [1.82, 2.24) is 5.32 Å². The number of hydrogen-bond acceptors (Lipinski definition) is 5. The smallest absolute Gasteiger partial charge is 0.331 e. The maximum Gasteiger partial charge on any atom is 0.331 e. The van der Waals surface area contributed by atoms with Crippen LogP contribution in [-0.4, -0.2) is 44.8 Å². The summed E-state index contributed by atoms with van der Waals surface area (Å²) >= 11 is 6.12. The molecule has 7 heteroatoms. The van der Waals surface area contributed by atoms with Crippen molar-refractivity contribution in [3.05, 3.63) is 34.6 Å². The lowest BCUT2D eigenvalue weighted by molar-refractivity contribution is -0.155. The molecular weight excluding hydrogens is 346 g/mol. The number of carbonyl (C=O) groups excluding carboxylic acids is 2. The average Bonchev–Trinajstić information content (AvgIpc) is 2.71. The average molecular weight is 370 g/mol. The summed E-state index contributed by atoms with van der Waals surface area (Å²) in [6.45, 7) is 2.72. The van der Waals surface area contributed by atoms with Crippen LogP contribution in [0.5, 0.6) is 0 Å². The minimum absolute atomic E-state index is 0.147. The lowest BCUT2D eigenvalue weighted by atomic mass is 9.89. The summed E-state index contributed by atoms with van der Waals surface area (Å²) in [4.78, 5) is 24.9. The summed E-state index contributed by atoms with van der Waals surface area (Å²) in [7, 11) is 2.87. The van der Waals surface area contributed by atoms with E-state index in [2.05, 4.69) is 5.32 Å². The minimum atomic E-state index is -1.03. The number of ether oxygens (including phenoxy) is 3. The van der Waals surface area contributed by atoms with Gasteiger partial charge in [-0.05, 0) is 19.1 Å². The molecule has 2 aliphatic rings. The van der Waals surface area contributed by atoms with Crippen molar-refractivity contribution in [1.29, 1.82) is 0 Å². The zero-order chi connectivity index (χ0) is 18.4. The Hall–Kier alpha value is -1.79. The lowest BCUT2D eigenvalue weighted by Gasteiger charge is -2.35. The van der Waals surface area contributed by atoms with Gasteiger partial charge in [-0.2, -0.15) is 0 Å². The molecule has 25 heavy (non-hydrogen) atoms. The molecule has 1 unspecified atom stereocenters. The second-order valence-electron chi connectivity index (χ2n) is 6.24. The number of allylic oxidation sites excluding steroid dienone is 5. The summed E-state index contributed by atoms with van der Waals surface area (Å²) in [6.07, 6.45) is 6.38. The maximum absolute atomic E-state index is 12.6. The van der Waals surface area contributed by atoms with Crippen molar-refractivity contribution >= 4 is 23.5 Å². The van der Waals surface area contributed by atoms with E-state index in [4.69, 9.17) is 25.8 Å². The first-order valence-electron chi connectivity index (χ1n) is 8.18. The fraction of sp³-hybridized carbons (Fsp3) is 0.556. The third-order valence-electron chi connectivity index (χ3n) is 4.42. The number of carbonyl (C=O) groups is 2. The van der Waals surface area contributed by atoms with Gasteiger partial charge in [0.25, 0.3) is 0 Å². The van der Waals surface area contributed by atoms with Gasteiger partial charge >= 0.3 is 5.97 Å². The molecular formula is C18H24ClNO5. The van der Waals surface area contributed by atoms with Crippen molar-refractivity contribution < 1.29 is 23.8 Å². The highest BCUT2D eigenvalue weighted by Gasteiger charge is 2.42. The molecule has 6 nitrogen and oxygen atoms in total. The van der Waals surface area contributed by atoms with E-state index in [1.165, 1.54) is 7.11 Å². The first kappa shape index (κ1) is 19.5. The van der Waals surface area contributed by atoms with Gasteiger partial charge < -0.3 is 19.5 Å². The normalized spacial score (nSPS) is 22.7. The minimum Gasteiger partial charge on any atom is -0.500 e. The van der Waals surface area contributed by atoms with Gasteiger partial charge in [0.1, 0.15) is 11.3 Å². The molecule has 0 aromatic rings. The number of halogens is 1. The highest BCUT2D eigenvalue weighted by atomic mass is 35.5. The second kappa shape index (κ2) is 8.54. The van der Waals surface area contributed by atoms with Crippen LogP contribution >= 0.6 is 11.6 Å². The van der Waals surface area contributed by atoms with Crippen molar-refractivity contribution in [3.63, 3.8) is 0 Å². The molecule has 1 atom stereocenters. The Morgan fingerprint density at radius 1 is 1.32 bits per heavy atom. The molecule has 0 bridgehead atoms. The standard InChI is InChI=1S/C18H24ClNO5/c1-12-8-13(15(23-2)11-14(19)9-12)10-16(21)20-18(17(22)24-3)4-6-25-7-5-18/h8-9,11,13H,4-7,10H2,1-3H3,(H,20,21). The summed E-state index contributed by atoms with van der Waals surface area (Å²) in [5.74, 6) is -0.342. The Kier molecular flexibility index (Phi) is 6.67. The first-order valence-corrected chi connectivity index (χ1v) is 8.56. The van der Waals surface area contributed by atoms with E-state index in [-0.39, 0.29) is 18.2 Å². The lowest BCUT2D eigenvalue weighted by Crippen LogP contribution is -2.58. The third kappa shape index (κ3) is 4.86. The molecule has 0 radical (unpaired) electrons. The van der Waals surface area contributed by atoms with Gasteiger partial charge in [0.15, 0.2) is 0 Å². The van der Waals surface area contributed by atoms with E-state index in [0.29, 0.717) is 36.8 Å². The Morgan fingerprint density at radius 3 is 2.60 bits per heavy atom. The van der Waals surface area contributed by atoms with Gasteiger partial charge in [-0.25, -0.2) is 4.79 Å². The predicted octanol–water partition coefficient (Wildman–Crippen LogP) is 2.44. The summed E-state index contributed by atoms with van der Waals surface area (Å²) < 4.78 is 15.6. The predicted molar refractivity (Wildman–Crippen MR) is 93.8 cm³/mol. The Morgan fingerprint density at radius 2 is 2.00 bits per heavy atom. The molecule has 0 aromatic carbocycles. The number of rotatable bonds is 5. The van der Waals surface area contributed by atoms with Crippen molar-refractivity contribution in [2.24, 2.45) is 5.92 Å². The van der Waals surface area contributed by atoms with Crippen LogP contribution in [0.4, 0.5) is 0 Å². The fourth-order valence-corrected chi connectivity index (χ4v) is 3.41. The molecule has 1 N–H and O–H groups in total. The number of nitrogens with one attached hydrogen (secondary N) is 1. The van der Waals surface area contributed by atoms with E-state index in [1.807, 2.05) is 19.1 Å². The monoisotopic (exact) mass is 369 g/mol. The zero-order valence-electron chi connectivity index (χ0n) is 14.8. The molecule has 0 aromatic heterocycles. The van der Waals surface area contributed by atoms with Gasteiger partial charge in [0.2, 0.25) is 5.91 Å². The number of esters is 1. The molecule has 2 rings (SSSR count). The molecule has 0 spiro atoms. The number of methoxy groups -OCH3 is 2. The van der Waals surface area contributed by atoms with E-state index in [0.717, 1.165) is 5.57 Å². The third-order valence-corrected chi connectivity index (χ3v) is 4.64. The van der Waals surface area contributed by atoms with E-state index >= 15 is 0 Å². The van der Waals surface area contributed by atoms with Crippen molar-refractivity contribution in [3.8, 4) is 0 Å². The van der Waals surface area contributed by atoms with Crippen molar-refractivity contribution in [2.75, 3.05) is 27.4 Å². The van der Waals surface area contributed by atoms with Gasteiger partial charge in [0.05, 0.1) is 14.2 Å². The van der Waals surface area contributed by atoms with Crippen LogP contribution in [0, 0.1) is 5.92 Å². The van der Waals surface area contributed by atoms with Gasteiger partial charge in [-0.15, -0.1) is 0 Å². The molecule has 1 amide bonds. The van der Waals surface area contributed by atoms with Crippen LogP contribution in [0.15, 0.2) is 34.6 Å². The van der Waals surface area contributed by atoms with Gasteiger partial charge in [0, 0.05) is 43.4 Å². The Labute approximate surface area is 152 Å². The van der Waals surface area contributed by atoms with Gasteiger partial charge in [-0.3, -0.25) is 4.79 Å². The molecule has 138 valence electrons. The SMILES string of the molecule is COC(=O)C1(NC(=O)CC2C=C(C)C=C(Cl)C=C2OC)CCOCC1. The highest BCUT2D eigenvalue weighted by molar-refractivity contribution is 6.31. The van der Waals surface area contributed by atoms with E-state index in [1.54, 1.807) is 13.2 Å². The Bertz CT molecular complexity index is 617.